The van der Waals surface area contributed by atoms with Crippen molar-refractivity contribution in [1.82, 2.24) is 14.1 Å². The van der Waals surface area contributed by atoms with E-state index in [2.05, 4.69) is 0 Å². The van der Waals surface area contributed by atoms with Crippen LogP contribution in [0.15, 0.2) is 23.1 Å². The van der Waals surface area contributed by atoms with E-state index < -0.39 is 21.7 Å². The summed E-state index contributed by atoms with van der Waals surface area (Å²) in [6, 6.07) is 4.35. The average Bonchev–Trinajstić information content (AvgIpc) is 3.22. The fourth-order valence-corrected chi connectivity index (χ4v) is 5.52. The van der Waals surface area contributed by atoms with E-state index in [0.29, 0.717) is 39.3 Å². The van der Waals surface area contributed by atoms with Gasteiger partial charge in [-0.25, -0.2) is 13.2 Å². The van der Waals surface area contributed by atoms with Gasteiger partial charge < -0.3 is 14.5 Å². The summed E-state index contributed by atoms with van der Waals surface area (Å²) in [5.41, 5.74) is -0.312. The van der Waals surface area contributed by atoms with Crippen molar-refractivity contribution < 1.29 is 22.7 Å². The molecule has 0 aliphatic carbocycles. The third kappa shape index (κ3) is 5.07. The van der Waals surface area contributed by atoms with Crippen molar-refractivity contribution in [2.24, 2.45) is 0 Å². The van der Waals surface area contributed by atoms with Gasteiger partial charge in [-0.15, -0.1) is 0 Å². The zero-order valence-electron chi connectivity index (χ0n) is 17.6. The van der Waals surface area contributed by atoms with E-state index in [1.165, 1.54) is 22.5 Å². The Morgan fingerprint density at radius 1 is 0.967 bits per heavy atom. The summed E-state index contributed by atoms with van der Waals surface area (Å²) in [7, 11) is -3.73. The number of nitrogens with zero attached hydrogens (tertiary/aromatic N) is 3. The summed E-state index contributed by atoms with van der Waals surface area (Å²) in [4.78, 5) is 28.3. The van der Waals surface area contributed by atoms with Crippen LogP contribution in [0, 0.1) is 0 Å². The molecule has 0 saturated carbocycles. The fraction of sp³-hybridized carbons (Fsp3) is 0.600. The zero-order chi connectivity index (χ0) is 22.1. The van der Waals surface area contributed by atoms with Crippen LogP contribution in [0.4, 0.5) is 4.79 Å². The molecule has 2 saturated heterocycles. The standard InChI is InChI=1S/C20H28ClN3O5S/c1-20(2,3)29-19(26)23-12-10-22(11-13-23)18(25)15-6-7-16(21)17(14-15)30(27,28)24-8-4-5-9-24/h6-7,14H,4-5,8-13H2,1-3H3. The van der Waals surface area contributed by atoms with E-state index in [1.807, 2.05) is 0 Å². The van der Waals surface area contributed by atoms with Crippen LogP contribution in [0.25, 0.3) is 0 Å². The quantitative estimate of drug-likeness (QED) is 0.696. The van der Waals surface area contributed by atoms with E-state index in [-0.39, 0.29) is 21.4 Å². The summed E-state index contributed by atoms with van der Waals surface area (Å²) < 4.78 is 32.6. The smallest absolute Gasteiger partial charge is 0.410 e. The lowest BCUT2D eigenvalue weighted by Crippen LogP contribution is -2.51. The second-order valence-corrected chi connectivity index (χ2v) is 10.8. The summed E-state index contributed by atoms with van der Waals surface area (Å²) in [5, 5.41) is 0.105. The minimum atomic E-state index is -3.73. The van der Waals surface area contributed by atoms with Crippen molar-refractivity contribution in [1.29, 1.82) is 0 Å². The Morgan fingerprint density at radius 2 is 1.53 bits per heavy atom. The Bertz CT molecular complexity index is 915. The molecule has 0 unspecified atom stereocenters. The number of halogens is 1. The normalized spacial score (nSPS) is 18.5. The van der Waals surface area contributed by atoms with E-state index in [9.17, 15) is 18.0 Å². The van der Waals surface area contributed by atoms with Gasteiger partial charge in [-0.1, -0.05) is 11.6 Å². The summed E-state index contributed by atoms with van der Waals surface area (Å²) in [5.74, 6) is -0.284. The third-order valence-electron chi connectivity index (χ3n) is 5.08. The van der Waals surface area contributed by atoms with Gasteiger partial charge in [0.2, 0.25) is 10.0 Å². The highest BCUT2D eigenvalue weighted by atomic mass is 35.5. The molecule has 0 aromatic heterocycles. The van der Waals surface area contributed by atoms with Gasteiger partial charge in [0.05, 0.1) is 5.02 Å². The lowest BCUT2D eigenvalue weighted by molar-refractivity contribution is 0.0141. The van der Waals surface area contributed by atoms with Crippen molar-refractivity contribution in [3.05, 3.63) is 28.8 Å². The number of carbonyl (C=O) groups is 2. The first-order chi connectivity index (χ1) is 14.0. The molecular weight excluding hydrogens is 430 g/mol. The van der Waals surface area contributed by atoms with Crippen molar-refractivity contribution >= 4 is 33.6 Å². The topological polar surface area (TPSA) is 87.2 Å². The van der Waals surface area contributed by atoms with Crippen LogP contribution < -0.4 is 0 Å². The number of benzene rings is 1. The van der Waals surface area contributed by atoms with Gasteiger partial charge in [-0.05, 0) is 51.8 Å². The van der Waals surface area contributed by atoms with E-state index in [1.54, 1.807) is 30.6 Å². The Hall–Kier alpha value is -1.84. The number of ether oxygens (including phenoxy) is 1. The summed E-state index contributed by atoms with van der Waals surface area (Å²) in [6.07, 6.45) is 1.23. The summed E-state index contributed by atoms with van der Waals surface area (Å²) in [6.45, 7) is 7.73. The van der Waals surface area contributed by atoms with E-state index in [0.717, 1.165) is 12.8 Å². The van der Waals surface area contributed by atoms with Crippen LogP contribution in [-0.2, 0) is 14.8 Å². The molecule has 8 nitrogen and oxygen atoms in total. The van der Waals surface area contributed by atoms with E-state index >= 15 is 0 Å². The SMILES string of the molecule is CC(C)(C)OC(=O)N1CCN(C(=O)c2ccc(Cl)c(S(=O)(=O)N3CCCC3)c2)CC1. The first-order valence-corrected chi connectivity index (χ1v) is 11.9. The van der Waals surface area contributed by atoms with Crippen LogP contribution in [0.3, 0.4) is 0 Å². The van der Waals surface area contributed by atoms with Gasteiger partial charge in [0.15, 0.2) is 0 Å². The molecule has 2 aliphatic heterocycles. The maximum Gasteiger partial charge on any atom is 0.410 e. The molecule has 0 atom stereocenters. The largest absolute Gasteiger partial charge is 0.444 e. The number of carbonyl (C=O) groups excluding carboxylic acids is 2. The van der Waals surface area contributed by atoms with Crippen LogP contribution in [0.5, 0.6) is 0 Å². The van der Waals surface area contributed by atoms with Gasteiger partial charge in [-0.3, -0.25) is 4.79 Å². The maximum absolute atomic E-state index is 13.0. The van der Waals surface area contributed by atoms with E-state index in [4.69, 9.17) is 16.3 Å². The van der Waals surface area contributed by atoms with Gasteiger partial charge in [0.1, 0.15) is 10.5 Å². The lowest BCUT2D eigenvalue weighted by Gasteiger charge is -2.35. The zero-order valence-corrected chi connectivity index (χ0v) is 19.1. The van der Waals surface area contributed by atoms with Crippen molar-refractivity contribution in [3.63, 3.8) is 0 Å². The first kappa shape index (κ1) is 22.8. The van der Waals surface area contributed by atoms with Gasteiger partial charge in [-0.2, -0.15) is 4.31 Å². The molecule has 30 heavy (non-hydrogen) atoms. The number of piperazine rings is 1. The van der Waals surface area contributed by atoms with Gasteiger partial charge >= 0.3 is 6.09 Å². The molecule has 2 amide bonds. The maximum atomic E-state index is 13.0. The molecule has 2 aliphatic rings. The minimum Gasteiger partial charge on any atom is -0.444 e. The van der Waals surface area contributed by atoms with Crippen molar-refractivity contribution in [2.75, 3.05) is 39.3 Å². The van der Waals surface area contributed by atoms with Crippen LogP contribution in [-0.4, -0.2) is 79.4 Å². The molecule has 0 N–H and O–H groups in total. The number of hydrogen-bond donors (Lipinski definition) is 0. The van der Waals surface area contributed by atoms with Crippen LogP contribution >= 0.6 is 11.6 Å². The van der Waals surface area contributed by atoms with Gasteiger partial charge in [0.25, 0.3) is 5.91 Å². The number of rotatable bonds is 3. The molecule has 3 rings (SSSR count). The lowest BCUT2D eigenvalue weighted by atomic mass is 10.2. The Balaban J connectivity index is 1.70. The molecule has 2 fully saturated rings. The summed E-state index contributed by atoms with van der Waals surface area (Å²) >= 11 is 6.17. The molecule has 0 radical (unpaired) electrons. The molecule has 166 valence electrons. The molecule has 10 heteroatoms. The highest BCUT2D eigenvalue weighted by Gasteiger charge is 2.31. The molecule has 0 bridgehead atoms. The first-order valence-electron chi connectivity index (χ1n) is 10.1. The Morgan fingerprint density at radius 3 is 2.10 bits per heavy atom. The molecular formula is C20H28ClN3O5S. The average molecular weight is 458 g/mol. The second kappa shape index (κ2) is 8.72. The van der Waals surface area contributed by atoms with Crippen molar-refractivity contribution in [2.45, 2.75) is 44.1 Å². The highest BCUT2D eigenvalue weighted by Crippen LogP contribution is 2.28. The highest BCUT2D eigenvalue weighted by molar-refractivity contribution is 7.89. The molecule has 1 aromatic rings. The molecule has 0 spiro atoms. The van der Waals surface area contributed by atoms with Gasteiger partial charge in [0, 0.05) is 44.8 Å². The van der Waals surface area contributed by atoms with Crippen molar-refractivity contribution in [3.8, 4) is 0 Å². The predicted octanol–water partition coefficient (Wildman–Crippen LogP) is 2.82. The van der Waals surface area contributed by atoms with Crippen LogP contribution in [0.1, 0.15) is 44.0 Å². The Labute approximate surface area is 182 Å². The third-order valence-corrected chi connectivity index (χ3v) is 7.46. The second-order valence-electron chi connectivity index (χ2n) is 8.52. The number of sulfonamides is 1. The molecule has 1 aromatic carbocycles. The fourth-order valence-electron chi connectivity index (χ4n) is 3.50. The minimum absolute atomic E-state index is 0.0377. The predicted molar refractivity (Wildman–Crippen MR) is 113 cm³/mol. The molecule has 2 heterocycles. The number of hydrogen-bond acceptors (Lipinski definition) is 5. The number of amides is 2. The van der Waals surface area contributed by atoms with Crippen LogP contribution in [0.2, 0.25) is 5.02 Å². The monoisotopic (exact) mass is 457 g/mol. The Kier molecular flexibility index (Phi) is 6.64.